The van der Waals surface area contributed by atoms with Crippen LogP contribution in [-0.4, -0.2) is 41.4 Å². The first kappa shape index (κ1) is 24.5. The molecule has 0 spiro atoms. The maximum Gasteiger partial charge on any atom is 0.338 e. The highest BCUT2D eigenvalue weighted by atomic mass is 32.1. The summed E-state index contributed by atoms with van der Waals surface area (Å²) in [5, 5.41) is 7.23. The molecule has 9 heteroatoms. The van der Waals surface area contributed by atoms with Crippen molar-refractivity contribution in [3.8, 4) is 11.3 Å². The van der Waals surface area contributed by atoms with Crippen LogP contribution in [0.1, 0.15) is 31.0 Å². The Kier molecular flexibility index (Phi) is 6.62. The second-order valence-electron chi connectivity index (χ2n) is 8.85. The number of rotatable bonds is 6. The van der Waals surface area contributed by atoms with E-state index in [4.69, 9.17) is 4.74 Å². The molecule has 0 saturated heterocycles. The lowest BCUT2D eigenvalue weighted by molar-refractivity contribution is -0.139. The van der Waals surface area contributed by atoms with E-state index in [2.05, 4.69) is 15.2 Å². The first-order chi connectivity index (χ1) is 17.9. The van der Waals surface area contributed by atoms with Gasteiger partial charge in [-0.1, -0.05) is 53.8 Å². The third-order valence-corrected chi connectivity index (χ3v) is 7.24. The largest absolute Gasteiger partial charge is 0.463 e. The standard InChI is InChI=1S/C28H27N5O3S/c1-5-36-27(35)23-17(2)30-28-33(25(23)19-11-13-21(14-12-19)32(3)4)26(34)22(37-28)15-20-16-29-31-24(20)18-9-7-6-8-10-18/h6-16,25H,5H2,1-4H3,(H,29,31)/t25-/m1/s1. The van der Waals surface area contributed by atoms with E-state index in [1.165, 1.54) is 11.3 Å². The Balaban J connectivity index is 1.69. The molecule has 188 valence electrons. The number of nitrogens with zero attached hydrogens (tertiary/aromatic N) is 4. The van der Waals surface area contributed by atoms with Crippen LogP contribution in [0.4, 0.5) is 5.69 Å². The number of allylic oxidation sites excluding steroid dienone is 1. The number of benzene rings is 2. The van der Waals surface area contributed by atoms with Crippen LogP contribution in [0.5, 0.6) is 0 Å². The molecule has 2 aromatic carbocycles. The maximum absolute atomic E-state index is 13.8. The smallest absolute Gasteiger partial charge is 0.338 e. The lowest BCUT2D eigenvalue weighted by Gasteiger charge is -2.25. The van der Waals surface area contributed by atoms with Crippen molar-refractivity contribution in [2.45, 2.75) is 19.9 Å². The van der Waals surface area contributed by atoms with Crippen molar-refractivity contribution in [2.24, 2.45) is 4.99 Å². The number of ether oxygens (including phenoxy) is 1. The molecule has 0 amide bonds. The minimum Gasteiger partial charge on any atom is -0.463 e. The SMILES string of the molecule is CCOC(=O)C1=C(C)N=c2sc(=Cc3cn[nH]c3-c3ccccc3)c(=O)n2[C@@H]1c1ccc(N(C)C)cc1. The molecular formula is C28H27N5O3S. The molecule has 0 radical (unpaired) electrons. The third kappa shape index (κ3) is 4.53. The first-order valence-electron chi connectivity index (χ1n) is 11.9. The molecule has 0 unspecified atom stereocenters. The maximum atomic E-state index is 13.8. The van der Waals surface area contributed by atoms with Gasteiger partial charge < -0.3 is 9.64 Å². The molecule has 37 heavy (non-hydrogen) atoms. The Labute approximate surface area is 217 Å². The summed E-state index contributed by atoms with van der Waals surface area (Å²) in [6.45, 7) is 3.78. The fourth-order valence-electron chi connectivity index (χ4n) is 4.44. The lowest BCUT2D eigenvalue weighted by Crippen LogP contribution is -2.39. The van der Waals surface area contributed by atoms with Crippen LogP contribution in [-0.2, 0) is 9.53 Å². The molecule has 2 aromatic heterocycles. The van der Waals surface area contributed by atoms with E-state index in [1.54, 1.807) is 24.6 Å². The van der Waals surface area contributed by atoms with E-state index in [1.807, 2.05) is 79.7 Å². The van der Waals surface area contributed by atoms with E-state index < -0.39 is 12.0 Å². The van der Waals surface area contributed by atoms with Crippen molar-refractivity contribution < 1.29 is 9.53 Å². The van der Waals surface area contributed by atoms with Gasteiger partial charge in [0.15, 0.2) is 4.80 Å². The van der Waals surface area contributed by atoms with Crippen LogP contribution in [0.2, 0.25) is 0 Å². The Hall–Kier alpha value is -4.24. The monoisotopic (exact) mass is 513 g/mol. The van der Waals surface area contributed by atoms with Gasteiger partial charge in [0.2, 0.25) is 0 Å². The van der Waals surface area contributed by atoms with Crippen molar-refractivity contribution in [3.05, 3.63) is 103 Å². The molecule has 0 saturated carbocycles. The molecule has 0 fully saturated rings. The van der Waals surface area contributed by atoms with Crippen molar-refractivity contribution in [2.75, 3.05) is 25.6 Å². The number of H-pyrrole nitrogens is 1. The van der Waals surface area contributed by atoms with Gasteiger partial charge in [-0.3, -0.25) is 14.5 Å². The quantitative estimate of drug-likeness (QED) is 0.400. The first-order valence-corrected chi connectivity index (χ1v) is 12.8. The number of aromatic amines is 1. The van der Waals surface area contributed by atoms with Crippen LogP contribution in [0, 0.1) is 0 Å². The Morgan fingerprint density at radius 3 is 2.57 bits per heavy atom. The van der Waals surface area contributed by atoms with Crippen molar-refractivity contribution in [3.63, 3.8) is 0 Å². The molecule has 5 rings (SSSR count). The van der Waals surface area contributed by atoms with Crippen molar-refractivity contribution >= 4 is 29.1 Å². The molecule has 4 aromatic rings. The van der Waals surface area contributed by atoms with E-state index in [0.29, 0.717) is 20.6 Å². The topological polar surface area (TPSA) is 92.6 Å². The van der Waals surface area contributed by atoms with Gasteiger partial charge in [-0.15, -0.1) is 0 Å². The summed E-state index contributed by atoms with van der Waals surface area (Å²) in [5.74, 6) is -0.471. The van der Waals surface area contributed by atoms with E-state index >= 15 is 0 Å². The van der Waals surface area contributed by atoms with Crippen molar-refractivity contribution in [1.29, 1.82) is 0 Å². The van der Waals surface area contributed by atoms with E-state index in [-0.39, 0.29) is 12.2 Å². The normalized spacial score (nSPS) is 15.4. The highest BCUT2D eigenvalue weighted by molar-refractivity contribution is 7.07. The van der Waals surface area contributed by atoms with Crippen LogP contribution < -0.4 is 19.8 Å². The van der Waals surface area contributed by atoms with Gasteiger partial charge in [-0.25, -0.2) is 9.79 Å². The highest BCUT2D eigenvalue weighted by Crippen LogP contribution is 2.31. The van der Waals surface area contributed by atoms with Gasteiger partial charge in [-0.2, -0.15) is 5.10 Å². The van der Waals surface area contributed by atoms with Gasteiger partial charge in [0.25, 0.3) is 5.56 Å². The molecule has 1 atom stereocenters. The molecule has 8 nitrogen and oxygen atoms in total. The number of carbonyl (C=O) groups is 1. The number of hydrogen-bond acceptors (Lipinski definition) is 7. The summed E-state index contributed by atoms with van der Waals surface area (Å²) >= 11 is 1.29. The zero-order chi connectivity index (χ0) is 26.1. The molecule has 1 aliphatic heterocycles. The number of carbonyl (C=O) groups excluding carboxylic acids is 1. The molecule has 1 aliphatic rings. The fraction of sp³-hybridized carbons (Fsp3) is 0.214. The van der Waals surface area contributed by atoms with Gasteiger partial charge in [-0.05, 0) is 37.6 Å². The molecular weight excluding hydrogens is 486 g/mol. The number of nitrogens with one attached hydrogen (secondary N) is 1. The predicted molar refractivity (Wildman–Crippen MR) is 145 cm³/mol. The zero-order valence-corrected chi connectivity index (χ0v) is 21.9. The molecule has 1 N–H and O–H groups in total. The zero-order valence-electron chi connectivity index (χ0n) is 21.1. The molecule has 0 aliphatic carbocycles. The number of aromatic nitrogens is 3. The van der Waals surface area contributed by atoms with Crippen LogP contribution >= 0.6 is 11.3 Å². The van der Waals surface area contributed by atoms with Gasteiger partial charge in [0.05, 0.1) is 40.3 Å². The average Bonchev–Trinajstić information content (AvgIpc) is 3.48. The molecule has 3 heterocycles. The van der Waals surface area contributed by atoms with Crippen LogP contribution in [0.25, 0.3) is 17.3 Å². The van der Waals surface area contributed by atoms with Crippen molar-refractivity contribution in [1.82, 2.24) is 14.8 Å². The summed E-state index contributed by atoms with van der Waals surface area (Å²) in [4.78, 5) is 34.1. The summed E-state index contributed by atoms with van der Waals surface area (Å²) in [7, 11) is 3.93. The second-order valence-corrected chi connectivity index (χ2v) is 9.86. The van der Waals surface area contributed by atoms with E-state index in [9.17, 15) is 9.59 Å². The molecule has 0 bridgehead atoms. The number of anilines is 1. The summed E-state index contributed by atoms with van der Waals surface area (Å²) in [6.07, 6.45) is 3.53. The third-order valence-electron chi connectivity index (χ3n) is 6.26. The highest BCUT2D eigenvalue weighted by Gasteiger charge is 2.33. The number of fused-ring (bicyclic) bond motifs is 1. The van der Waals surface area contributed by atoms with Gasteiger partial charge in [0, 0.05) is 30.9 Å². The lowest BCUT2D eigenvalue weighted by atomic mass is 9.95. The Morgan fingerprint density at radius 1 is 1.16 bits per heavy atom. The average molecular weight is 514 g/mol. The van der Waals surface area contributed by atoms with E-state index in [0.717, 1.165) is 28.1 Å². The fourth-order valence-corrected chi connectivity index (χ4v) is 5.48. The number of hydrogen-bond donors (Lipinski definition) is 1. The number of esters is 1. The predicted octanol–water partition coefficient (Wildman–Crippen LogP) is 3.25. The summed E-state index contributed by atoms with van der Waals surface area (Å²) < 4.78 is 7.48. The number of thiazole rings is 1. The van der Waals surface area contributed by atoms with Gasteiger partial charge >= 0.3 is 5.97 Å². The summed E-state index contributed by atoms with van der Waals surface area (Å²) in [6, 6.07) is 17.0. The minimum absolute atomic E-state index is 0.222. The van der Waals surface area contributed by atoms with Gasteiger partial charge in [0.1, 0.15) is 0 Å². The second kappa shape index (κ2) is 10.0. The van der Waals surface area contributed by atoms with Crippen LogP contribution in [0.15, 0.2) is 81.9 Å². The minimum atomic E-state index is -0.647. The van der Waals surface area contributed by atoms with Crippen LogP contribution in [0.3, 0.4) is 0 Å². The Bertz CT molecular complexity index is 1660. The Morgan fingerprint density at radius 2 is 1.89 bits per heavy atom. The summed E-state index contributed by atoms with van der Waals surface area (Å²) in [5.41, 5.74) is 5.10.